The molecular weight excluding hydrogens is 340 g/mol. The van der Waals surface area contributed by atoms with E-state index in [2.05, 4.69) is 25.7 Å². The fourth-order valence-corrected chi connectivity index (χ4v) is 2.92. The molecule has 0 unspecified atom stereocenters. The lowest BCUT2D eigenvalue weighted by atomic mass is 10.1. The van der Waals surface area contributed by atoms with Crippen LogP contribution in [0.2, 0.25) is 0 Å². The fourth-order valence-electron chi connectivity index (χ4n) is 2.92. The maximum atomic E-state index is 12.2. The second-order valence-corrected chi connectivity index (χ2v) is 6.22. The topological polar surface area (TPSA) is 84.7 Å². The number of nitrogens with one attached hydrogen (secondary N) is 2. The molecule has 0 saturated heterocycles. The van der Waals surface area contributed by atoms with Crippen LogP contribution >= 0.6 is 0 Å². The molecule has 7 heteroatoms. The number of amides is 2. The van der Waals surface area contributed by atoms with E-state index in [-0.39, 0.29) is 6.03 Å². The van der Waals surface area contributed by atoms with Crippen molar-refractivity contribution in [1.29, 1.82) is 0 Å². The van der Waals surface area contributed by atoms with Crippen LogP contribution in [0.15, 0.2) is 42.6 Å². The molecule has 0 bridgehead atoms. The average Bonchev–Trinajstić information content (AvgIpc) is 2.96. The fraction of sp³-hybridized carbons (Fsp3) is 0.300. The zero-order valence-corrected chi connectivity index (χ0v) is 15.9. The number of hydrogen-bond donors (Lipinski definition) is 2. The van der Waals surface area contributed by atoms with Gasteiger partial charge in [0.05, 0.1) is 22.8 Å². The minimum Gasteiger partial charge on any atom is -0.337 e. The smallest absolute Gasteiger partial charge is 0.319 e. The number of rotatable bonds is 6. The van der Waals surface area contributed by atoms with Crippen LogP contribution in [0.4, 0.5) is 10.5 Å². The number of hydrogen-bond acceptors (Lipinski definition) is 4. The van der Waals surface area contributed by atoms with E-state index in [0.29, 0.717) is 18.8 Å². The van der Waals surface area contributed by atoms with Gasteiger partial charge in [-0.25, -0.2) is 14.8 Å². The molecule has 0 aliphatic heterocycles. The van der Waals surface area contributed by atoms with E-state index in [9.17, 15) is 4.79 Å². The Labute approximate surface area is 158 Å². The molecule has 2 N–H and O–H groups in total. The van der Waals surface area contributed by atoms with E-state index in [1.165, 1.54) is 0 Å². The standard InChI is InChI=1S/C20H24N6O/c1-4-26-15(3)19(14(2)25-26)24-20(27)22-13-11-18-21-12-10-17(23-18)16-8-6-5-7-9-16/h5-10,12H,4,11,13H2,1-3H3,(H2,22,24,27). The molecule has 0 saturated carbocycles. The predicted octanol–water partition coefficient (Wildman–Crippen LogP) is 3.34. The molecule has 0 spiro atoms. The lowest BCUT2D eigenvalue weighted by Crippen LogP contribution is -2.31. The lowest BCUT2D eigenvalue weighted by molar-refractivity contribution is 0.252. The summed E-state index contributed by atoms with van der Waals surface area (Å²) < 4.78 is 1.87. The molecule has 3 aromatic rings. The van der Waals surface area contributed by atoms with E-state index < -0.39 is 0 Å². The van der Waals surface area contributed by atoms with E-state index in [1.54, 1.807) is 6.20 Å². The summed E-state index contributed by atoms with van der Waals surface area (Å²) in [6.07, 6.45) is 2.30. The molecule has 3 rings (SSSR count). The van der Waals surface area contributed by atoms with Crippen LogP contribution in [-0.2, 0) is 13.0 Å². The van der Waals surface area contributed by atoms with Gasteiger partial charge in [-0.15, -0.1) is 0 Å². The Morgan fingerprint density at radius 2 is 1.93 bits per heavy atom. The summed E-state index contributed by atoms with van der Waals surface area (Å²) in [5.41, 5.74) is 4.44. The first-order valence-electron chi connectivity index (χ1n) is 9.04. The lowest BCUT2D eigenvalue weighted by Gasteiger charge is -2.08. The summed E-state index contributed by atoms with van der Waals surface area (Å²) in [7, 11) is 0. The maximum Gasteiger partial charge on any atom is 0.319 e. The second kappa shape index (κ2) is 8.44. The Bertz CT molecular complexity index is 919. The highest BCUT2D eigenvalue weighted by atomic mass is 16.2. The van der Waals surface area contributed by atoms with E-state index in [4.69, 9.17) is 0 Å². The molecule has 0 aliphatic carbocycles. The normalized spacial score (nSPS) is 10.6. The molecule has 27 heavy (non-hydrogen) atoms. The number of carbonyl (C=O) groups is 1. The third-order valence-corrected chi connectivity index (χ3v) is 4.33. The van der Waals surface area contributed by atoms with Crippen molar-refractivity contribution in [3.05, 3.63) is 59.8 Å². The summed E-state index contributed by atoms with van der Waals surface area (Å²) in [5, 5.41) is 10.1. The van der Waals surface area contributed by atoms with Gasteiger partial charge in [0, 0.05) is 31.3 Å². The highest BCUT2D eigenvalue weighted by Gasteiger charge is 2.13. The van der Waals surface area contributed by atoms with Crippen LogP contribution in [0.1, 0.15) is 24.1 Å². The molecule has 0 fully saturated rings. The van der Waals surface area contributed by atoms with Gasteiger partial charge in [0.2, 0.25) is 0 Å². The molecule has 2 aromatic heterocycles. The van der Waals surface area contributed by atoms with Crippen molar-refractivity contribution >= 4 is 11.7 Å². The summed E-state index contributed by atoms with van der Waals surface area (Å²) in [5.74, 6) is 0.697. The molecular formula is C20H24N6O. The van der Waals surface area contributed by atoms with Gasteiger partial charge in [-0.05, 0) is 26.8 Å². The van der Waals surface area contributed by atoms with Crippen molar-refractivity contribution in [2.24, 2.45) is 0 Å². The zero-order valence-electron chi connectivity index (χ0n) is 15.9. The maximum absolute atomic E-state index is 12.2. The minimum atomic E-state index is -0.254. The quantitative estimate of drug-likeness (QED) is 0.702. The van der Waals surface area contributed by atoms with Gasteiger partial charge in [-0.1, -0.05) is 30.3 Å². The van der Waals surface area contributed by atoms with Crippen molar-refractivity contribution in [3.8, 4) is 11.3 Å². The number of carbonyl (C=O) groups excluding carboxylic acids is 1. The van der Waals surface area contributed by atoms with E-state index in [1.807, 2.05) is 61.9 Å². The van der Waals surface area contributed by atoms with Gasteiger partial charge in [0.25, 0.3) is 0 Å². The van der Waals surface area contributed by atoms with Gasteiger partial charge >= 0.3 is 6.03 Å². The Hall–Kier alpha value is -3.22. The summed E-state index contributed by atoms with van der Waals surface area (Å²) >= 11 is 0. The summed E-state index contributed by atoms with van der Waals surface area (Å²) in [6, 6.07) is 11.6. The molecule has 0 aliphatic rings. The molecule has 0 radical (unpaired) electrons. The number of urea groups is 1. The number of aromatic nitrogens is 4. The van der Waals surface area contributed by atoms with Crippen LogP contribution in [-0.4, -0.2) is 32.3 Å². The van der Waals surface area contributed by atoms with E-state index >= 15 is 0 Å². The number of anilines is 1. The SMILES string of the molecule is CCn1nc(C)c(NC(=O)NCCc2nccc(-c3ccccc3)n2)c1C. The Balaban J connectivity index is 1.56. The van der Waals surface area contributed by atoms with Crippen molar-refractivity contribution in [3.63, 3.8) is 0 Å². The third-order valence-electron chi connectivity index (χ3n) is 4.33. The van der Waals surface area contributed by atoms with Gasteiger partial charge in [-0.3, -0.25) is 4.68 Å². The van der Waals surface area contributed by atoms with Crippen LogP contribution in [0, 0.1) is 13.8 Å². The van der Waals surface area contributed by atoms with Crippen LogP contribution in [0.3, 0.4) is 0 Å². The zero-order chi connectivity index (χ0) is 19.2. The van der Waals surface area contributed by atoms with Crippen LogP contribution < -0.4 is 10.6 Å². The number of aryl methyl sites for hydroxylation is 2. The summed E-state index contributed by atoms with van der Waals surface area (Å²) in [4.78, 5) is 21.1. The van der Waals surface area contributed by atoms with Gasteiger partial charge in [-0.2, -0.15) is 5.10 Å². The monoisotopic (exact) mass is 364 g/mol. The largest absolute Gasteiger partial charge is 0.337 e. The van der Waals surface area contributed by atoms with E-state index in [0.717, 1.165) is 34.9 Å². The minimum absolute atomic E-state index is 0.254. The third kappa shape index (κ3) is 4.49. The number of benzene rings is 1. The summed E-state index contributed by atoms with van der Waals surface area (Å²) in [6.45, 7) is 7.07. The first-order chi connectivity index (χ1) is 13.1. The predicted molar refractivity (Wildman–Crippen MR) is 106 cm³/mol. The molecule has 1 aromatic carbocycles. The molecule has 2 amide bonds. The van der Waals surface area contributed by atoms with Gasteiger partial charge < -0.3 is 10.6 Å². The van der Waals surface area contributed by atoms with Crippen molar-refractivity contribution in [1.82, 2.24) is 25.1 Å². The highest BCUT2D eigenvalue weighted by molar-refractivity contribution is 5.90. The molecule has 7 nitrogen and oxygen atoms in total. The molecule has 140 valence electrons. The van der Waals surface area contributed by atoms with Crippen LogP contribution in [0.25, 0.3) is 11.3 Å². The molecule has 0 atom stereocenters. The van der Waals surface area contributed by atoms with Gasteiger partial charge in [0.1, 0.15) is 5.82 Å². The van der Waals surface area contributed by atoms with Crippen LogP contribution in [0.5, 0.6) is 0 Å². The van der Waals surface area contributed by atoms with Crippen molar-refractivity contribution in [2.45, 2.75) is 33.7 Å². The molecule has 2 heterocycles. The average molecular weight is 364 g/mol. The van der Waals surface area contributed by atoms with Crippen molar-refractivity contribution in [2.75, 3.05) is 11.9 Å². The van der Waals surface area contributed by atoms with Gasteiger partial charge in [0.15, 0.2) is 0 Å². The Morgan fingerprint density at radius 3 is 2.63 bits per heavy atom. The Kier molecular flexibility index (Phi) is 5.80. The second-order valence-electron chi connectivity index (χ2n) is 6.22. The van der Waals surface area contributed by atoms with Crippen molar-refractivity contribution < 1.29 is 4.79 Å². The number of nitrogens with zero attached hydrogens (tertiary/aromatic N) is 4. The first kappa shape index (κ1) is 18.6. The highest BCUT2D eigenvalue weighted by Crippen LogP contribution is 2.19. The first-order valence-corrected chi connectivity index (χ1v) is 9.04. The Morgan fingerprint density at radius 1 is 1.15 bits per heavy atom.